The molecule has 0 radical (unpaired) electrons. The van der Waals surface area contributed by atoms with E-state index in [1.165, 1.54) is 19.3 Å². The third kappa shape index (κ3) is 20.8. The summed E-state index contributed by atoms with van der Waals surface area (Å²) in [6, 6.07) is 0. The minimum atomic E-state index is -2.59. The van der Waals surface area contributed by atoms with Crippen molar-refractivity contribution in [3.8, 4) is 0 Å². The molecule has 0 spiro atoms. The number of hydrogen-bond acceptors (Lipinski definition) is 4. The van der Waals surface area contributed by atoms with E-state index in [4.69, 9.17) is 20.4 Å². The van der Waals surface area contributed by atoms with Crippen molar-refractivity contribution in [2.75, 3.05) is 0 Å². The van der Waals surface area contributed by atoms with Crippen LogP contribution in [-0.4, -0.2) is 32.4 Å². The van der Waals surface area contributed by atoms with Crippen LogP contribution in [-0.2, 0) is 4.79 Å². The third-order valence-electron chi connectivity index (χ3n) is 3.48. The molecule has 0 aromatic rings. The van der Waals surface area contributed by atoms with Gasteiger partial charge in [0.25, 0.3) is 5.97 Å². The predicted octanol–water partition coefficient (Wildman–Crippen LogP) is 3.50. The minimum absolute atomic E-state index is 0.168. The van der Waals surface area contributed by atoms with E-state index in [0.29, 0.717) is 6.42 Å². The molecule has 0 amide bonds. The maximum atomic E-state index is 10.3. The van der Waals surface area contributed by atoms with Crippen molar-refractivity contribution in [1.82, 2.24) is 0 Å². The number of hydrogen-bond donors (Lipinski definition) is 4. The first kappa shape index (κ1) is 21.8. The number of rotatable bonds is 15. The average Bonchev–Trinajstić information content (AvgIpc) is 2.45. The second-order valence-corrected chi connectivity index (χ2v) is 5.91. The molecule has 0 aliphatic carbocycles. The first-order valence-corrected chi connectivity index (χ1v) is 8.61. The lowest BCUT2D eigenvalue weighted by molar-refractivity contribution is -0.308. The second-order valence-electron chi connectivity index (χ2n) is 5.91. The Morgan fingerprint density at radius 3 is 1.74 bits per heavy atom. The maximum Gasteiger partial charge on any atom is 0.303 e. The summed E-state index contributed by atoms with van der Waals surface area (Å²) in [4.78, 5) is 10.3. The van der Waals surface area contributed by atoms with Crippen molar-refractivity contribution in [1.29, 1.82) is 0 Å². The van der Waals surface area contributed by atoms with Gasteiger partial charge in [0.2, 0.25) is 0 Å². The van der Waals surface area contributed by atoms with Crippen molar-refractivity contribution in [2.24, 2.45) is 0 Å². The smallest absolute Gasteiger partial charge is 0.303 e. The summed E-state index contributed by atoms with van der Waals surface area (Å²) < 4.78 is 0. The molecule has 0 aliphatic rings. The summed E-state index contributed by atoms with van der Waals surface area (Å²) in [6.45, 7) is 0. The molecule has 0 atom stereocenters. The number of allylic oxidation sites excluding steroid dienone is 3. The zero-order chi connectivity index (χ0) is 17.4. The fourth-order valence-corrected chi connectivity index (χ4v) is 2.19. The summed E-state index contributed by atoms with van der Waals surface area (Å²) >= 11 is 0. The van der Waals surface area contributed by atoms with E-state index in [-0.39, 0.29) is 6.42 Å². The minimum Gasteiger partial charge on any atom is -0.481 e. The molecule has 5 nitrogen and oxygen atoms in total. The van der Waals surface area contributed by atoms with E-state index in [1.54, 1.807) is 6.08 Å². The number of carboxylic acids is 1. The van der Waals surface area contributed by atoms with Gasteiger partial charge in [-0.25, -0.2) is 0 Å². The fraction of sp³-hybridized carbons (Fsp3) is 0.722. The van der Waals surface area contributed by atoms with E-state index < -0.39 is 11.9 Å². The molecule has 0 heterocycles. The monoisotopic (exact) mass is 328 g/mol. The number of carbonyl (C=O) groups is 1. The van der Waals surface area contributed by atoms with Crippen LogP contribution in [0.4, 0.5) is 0 Å². The Kier molecular flexibility index (Phi) is 13.7. The van der Waals surface area contributed by atoms with Crippen molar-refractivity contribution < 1.29 is 25.2 Å². The second kappa shape index (κ2) is 14.4. The molecule has 0 rings (SSSR count). The van der Waals surface area contributed by atoms with E-state index in [0.717, 1.165) is 44.9 Å². The van der Waals surface area contributed by atoms with Gasteiger partial charge >= 0.3 is 5.97 Å². The number of aliphatic hydroxyl groups is 3. The molecule has 0 aromatic carbocycles. The van der Waals surface area contributed by atoms with Gasteiger partial charge in [0.05, 0.1) is 0 Å². The van der Waals surface area contributed by atoms with E-state index in [1.807, 2.05) is 6.08 Å². The first-order chi connectivity index (χ1) is 10.9. The average molecular weight is 328 g/mol. The van der Waals surface area contributed by atoms with Crippen LogP contribution >= 0.6 is 0 Å². The van der Waals surface area contributed by atoms with E-state index in [9.17, 15) is 4.79 Å². The van der Waals surface area contributed by atoms with Crippen LogP contribution in [0, 0.1) is 0 Å². The summed E-state index contributed by atoms with van der Waals surface area (Å²) in [5.74, 6) is -3.29. The molecule has 0 aromatic heterocycles. The van der Waals surface area contributed by atoms with Gasteiger partial charge in [0.1, 0.15) is 0 Å². The SMILES string of the molecule is O=C(O)CCCCCCCCC=CCCCC=CCC(O)(O)O. The van der Waals surface area contributed by atoms with Gasteiger partial charge in [0, 0.05) is 12.8 Å². The molecule has 0 fully saturated rings. The lowest BCUT2D eigenvalue weighted by Crippen LogP contribution is -2.25. The molecule has 23 heavy (non-hydrogen) atoms. The van der Waals surface area contributed by atoms with Crippen LogP contribution in [0.3, 0.4) is 0 Å². The quantitative estimate of drug-likeness (QED) is 0.209. The molecule has 0 saturated heterocycles. The Labute approximate surface area is 139 Å². The molecular weight excluding hydrogens is 296 g/mol. The Morgan fingerprint density at radius 1 is 0.696 bits per heavy atom. The van der Waals surface area contributed by atoms with Gasteiger partial charge in [-0.2, -0.15) is 0 Å². The summed E-state index contributed by atoms with van der Waals surface area (Å²) in [6.07, 6.45) is 18.4. The summed E-state index contributed by atoms with van der Waals surface area (Å²) in [5.41, 5.74) is 0. The molecule has 4 N–H and O–H groups in total. The predicted molar refractivity (Wildman–Crippen MR) is 90.7 cm³/mol. The number of unbranched alkanes of at least 4 members (excludes halogenated alkanes) is 8. The molecule has 0 saturated carbocycles. The van der Waals surface area contributed by atoms with E-state index in [2.05, 4.69) is 12.2 Å². The van der Waals surface area contributed by atoms with Gasteiger partial charge in [0.15, 0.2) is 0 Å². The number of aliphatic carboxylic acids is 1. The Balaban J connectivity index is 3.24. The van der Waals surface area contributed by atoms with Crippen LogP contribution in [0.5, 0.6) is 0 Å². The fourth-order valence-electron chi connectivity index (χ4n) is 2.19. The molecule has 134 valence electrons. The molecule has 0 bridgehead atoms. The standard InChI is InChI=1S/C18H32O5/c19-17(20)15-13-11-9-7-5-3-1-2-4-6-8-10-12-14-16-18(21,22)23/h2,4,12,14,21-23H,1,3,5-11,13,15-16H2,(H,19,20). The van der Waals surface area contributed by atoms with Crippen LogP contribution < -0.4 is 0 Å². The molecule has 5 heteroatoms. The Morgan fingerprint density at radius 2 is 1.17 bits per heavy atom. The normalized spacial score (nSPS) is 12.5. The largest absolute Gasteiger partial charge is 0.481 e. The highest BCUT2D eigenvalue weighted by Crippen LogP contribution is 2.09. The van der Waals surface area contributed by atoms with Crippen LogP contribution in [0.2, 0.25) is 0 Å². The first-order valence-electron chi connectivity index (χ1n) is 8.61. The Hall–Kier alpha value is -1.17. The summed E-state index contributed by atoms with van der Waals surface area (Å²) in [7, 11) is 0. The maximum absolute atomic E-state index is 10.3. The molecular formula is C18H32O5. The van der Waals surface area contributed by atoms with Crippen molar-refractivity contribution in [3.63, 3.8) is 0 Å². The molecule has 0 unspecified atom stereocenters. The summed E-state index contributed by atoms with van der Waals surface area (Å²) in [5, 5.41) is 34.5. The van der Waals surface area contributed by atoms with Crippen molar-refractivity contribution in [3.05, 3.63) is 24.3 Å². The highest BCUT2D eigenvalue weighted by atomic mass is 16.7. The number of carboxylic acid groups (broad SMARTS) is 1. The zero-order valence-corrected chi connectivity index (χ0v) is 14.0. The topological polar surface area (TPSA) is 98.0 Å². The van der Waals surface area contributed by atoms with Crippen molar-refractivity contribution >= 4 is 5.97 Å². The van der Waals surface area contributed by atoms with Crippen LogP contribution in [0.25, 0.3) is 0 Å². The van der Waals surface area contributed by atoms with Gasteiger partial charge < -0.3 is 20.4 Å². The van der Waals surface area contributed by atoms with Crippen LogP contribution in [0.1, 0.15) is 77.0 Å². The van der Waals surface area contributed by atoms with Gasteiger partial charge in [-0.05, 0) is 38.5 Å². The van der Waals surface area contributed by atoms with E-state index >= 15 is 0 Å². The van der Waals surface area contributed by atoms with Crippen LogP contribution in [0.15, 0.2) is 24.3 Å². The highest BCUT2D eigenvalue weighted by Gasteiger charge is 2.14. The highest BCUT2D eigenvalue weighted by molar-refractivity contribution is 5.66. The lowest BCUT2D eigenvalue weighted by atomic mass is 10.1. The lowest BCUT2D eigenvalue weighted by Gasteiger charge is -2.09. The van der Waals surface area contributed by atoms with Gasteiger partial charge in [-0.1, -0.05) is 50.0 Å². The van der Waals surface area contributed by atoms with Crippen molar-refractivity contribution in [2.45, 2.75) is 83.0 Å². The molecule has 0 aliphatic heterocycles. The zero-order valence-electron chi connectivity index (χ0n) is 14.0. The van der Waals surface area contributed by atoms with Gasteiger partial charge in [-0.15, -0.1) is 0 Å². The van der Waals surface area contributed by atoms with Gasteiger partial charge in [-0.3, -0.25) is 4.79 Å². The third-order valence-corrected chi connectivity index (χ3v) is 3.48. The Bertz CT molecular complexity index is 342.